The molecule has 42 heavy (non-hydrogen) atoms. The number of fused-ring (bicyclic) bond motifs is 3. The van der Waals surface area contributed by atoms with E-state index in [2.05, 4.69) is 15.9 Å². The lowest BCUT2D eigenvalue weighted by atomic mass is 9.59. The van der Waals surface area contributed by atoms with Gasteiger partial charge in [-0.3, -0.25) is 19.2 Å². The number of imide groups is 1. The molecule has 2 amide bonds. The highest BCUT2D eigenvalue weighted by Gasteiger charge is 2.57. The normalized spacial score (nSPS) is 25.1. The molecule has 1 saturated heterocycles. The van der Waals surface area contributed by atoms with Crippen molar-refractivity contribution in [3.8, 4) is 17.2 Å². The van der Waals surface area contributed by atoms with Crippen LogP contribution in [-0.2, 0) is 19.2 Å². The maximum Gasteiger partial charge on any atom is 0.339 e. The van der Waals surface area contributed by atoms with Crippen LogP contribution in [0.2, 0.25) is 0 Å². The van der Waals surface area contributed by atoms with Crippen LogP contribution in [0.15, 0.2) is 69.2 Å². The molecule has 214 valence electrons. The number of nitrogens with zero attached hydrogens (tertiary/aromatic N) is 1. The molecule has 10 nitrogen and oxygen atoms in total. The van der Waals surface area contributed by atoms with Gasteiger partial charge < -0.3 is 20.1 Å². The third-order valence-electron chi connectivity index (χ3n) is 8.63. The van der Waals surface area contributed by atoms with E-state index in [1.807, 2.05) is 6.08 Å². The fourth-order valence-corrected chi connectivity index (χ4v) is 7.26. The van der Waals surface area contributed by atoms with Crippen LogP contribution in [-0.4, -0.2) is 51.8 Å². The molecule has 11 heteroatoms. The molecule has 1 aliphatic heterocycles. The van der Waals surface area contributed by atoms with Crippen molar-refractivity contribution in [3.05, 3.63) is 80.4 Å². The Morgan fingerprint density at radius 1 is 1.05 bits per heavy atom. The van der Waals surface area contributed by atoms with E-state index in [0.717, 1.165) is 17.0 Å². The Morgan fingerprint density at radius 2 is 1.79 bits per heavy atom. The molecule has 1 fully saturated rings. The third-order valence-corrected chi connectivity index (χ3v) is 9.09. The number of anilines is 1. The van der Waals surface area contributed by atoms with Gasteiger partial charge in [0.1, 0.15) is 11.3 Å². The Bertz CT molecular complexity index is 1750. The van der Waals surface area contributed by atoms with Crippen molar-refractivity contribution in [1.82, 2.24) is 0 Å². The zero-order valence-corrected chi connectivity index (χ0v) is 24.0. The summed E-state index contributed by atoms with van der Waals surface area (Å²) >= 11 is 3.43. The largest absolute Gasteiger partial charge is 0.507 e. The number of ether oxygens (including phenoxy) is 1. The van der Waals surface area contributed by atoms with Crippen LogP contribution >= 0.6 is 15.9 Å². The summed E-state index contributed by atoms with van der Waals surface area (Å²) in [5.41, 5.74) is 1.36. The lowest BCUT2D eigenvalue weighted by molar-refractivity contribution is -0.123. The number of amides is 2. The molecule has 4 atom stereocenters. The second kappa shape index (κ2) is 9.80. The number of halogens is 1. The van der Waals surface area contributed by atoms with E-state index < -0.39 is 47.2 Å². The Morgan fingerprint density at radius 3 is 2.45 bits per heavy atom. The Labute approximate surface area is 247 Å². The highest BCUT2D eigenvalue weighted by atomic mass is 79.9. The molecule has 0 radical (unpaired) electrons. The van der Waals surface area contributed by atoms with Crippen molar-refractivity contribution in [3.63, 3.8) is 0 Å². The number of hydrogen-bond acceptors (Lipinski definition) is 8. The van der Waals surface area contributed by atoms with Crippen LogP contribution in [0, 0.1) is 17.8 Å². The van der Waals surface area contributed by atoms with Crippen LogP contribution in [0.25, 0.3) is 0 Å². The number of carboxylic acid groups (broad SMARTS) is 1. The summed E-state index contributed by atoms with van der Waals surface area (Å²) in [5, 5.41) is 30.7. The number of carboxylic acids is 1. The van der Waals surface area contributed by atoms with Crippen molar-refractivity contribution < 1.29 is 44.0 Å². The van der Waals surface area contributed by atoms with Gasteiger partial charge in [-0.1, -0.05) is 27.6 Å². The van der Waals surface area contributed by atoms with E-state index >= 15 is 0 Å². The van der Waals surface area contributed by atoms with Gasteiger partial charge >= 0.3 is 5.97 Å². The molecule has 4 aliphatic rings. The molecule has 1 heterocycles. The SMILES string of the molecule is COc1cc(Br)cc([C@H]2C3=CC[C@@H]4C(=O)N(c5ccc(C(=O)O)c(O)c5)C(=O)[C@@H]4[C@@H]3CC3=C2C(=O)C=C(C)C3=O)c1O. The second-order valence-corrected chi connectivity index (χ2v) is 11.7. The van der Waals surface area contributed by atoms with Crippen molar-refractivity contribution in [1.29, 1.82) is 0 Å². The summed E-state index contributed by atoms with van der Waals surface area (Å²) in [6.45, 7) is 1.55. The molecule has 0 unspecified atom stereocenters. The standard InChI is InChI=1S/C31H24BrNO9/c1-12-7-22(35)26-20(27(12)36)11-18-15(24(26)19-8-13(32)9-23(42-2)28(19)37)5-6-17-25(18)30(39)33(29(17)38)14-3-4-16(31(40)41)21(34)10-14/h3-5,7-10,17-18,24-25,34,37H,6,11H2,1-2H3,(H,40,41)/t17-,18+,24+,25-/m0/s1. The van der Waals surface area contributed by atoms with E-state index in [0.29, 0.717) is 15.6 Å². The molecule has 0 saturated carbocycles. The number of ketones is 2. The number of aromatic carboxylic acids is 1. The first kappa shape index (κ1) is 27.6. The first-order chi connectivity index (χ1) is 19.9. The molecule has 2 aromatic carbocycles. The third kappa shape index (κ3) is 3.94. The zero-order chi connectivity index (χ0) is 30.2. The zero-order valence-electron chi connectivity index (χ0n) is 22.4. The molecule has 6 rings (SSSR count). The maximum atomic E-state index is 14.0. The van der Waals surface area contributed by atoms with Crippen molar-refractivity contribution in [2.75, 3.05) is 12.0 Å². The minimum atomic E-state index is -1.36. The summed E-state index contributed by atoms with van der Waals surface area (Å²) in [6, 6.07) is 6.69. The number of phenols is 2. The number of aromatic hydroxyl groups is 2. The Hall–Kier alpha value is -4.51. The average Bonchev–Trinajstić information content (AvgIpc) is 3.21. The topological polar surface area (TPSA) is 159 Å². The average molecular weight is 634 g/mol. The fraction of sp³-hybridized carbons (Fsp3) is 0.258. The van der Waals surface area contributed by atoms with E-state index in [1.165, 1.54) is 19.3 Å². The predicted molar refractivity (Wildman–Crippen MR) is 151 cm³/mol. The molecule has 0 bridgehead atoms. The number of allylic oxidation sites excluding steroid dienone is 6. The van der Waals surface area contributed by atoms with Crippen LogP contribution in [0.5, 0.6) is 17.2 Å². The molecule has 0 spiro atoms. The van der Waals surface area contributed by atoms with Gasteiger partial charge in [-0.15, -0.1) is 0 Å². The minimum absolute atomic E-state index is 0.0350. The predicted octanol–water partition coefficient (Wildman–Crippen LogP) is 4.20. The molecule has 3 aliphatic carbocycles. The van der Waals surface area contributed by atoms with E-state index in [9.17, 15) is 39.3 Å². The van der Waals surface area contributed by atoms with Gasteiger partial charge in [-0.2, -0.15) is 0 Å². The van der Waals surface area contributed by atoms with Gasteiger partial charge in [0.25, 0.3) is 0 Å². The summed E-state index contributed by atoms with van der Waals surface area (Å²) in [4.78, 5) is 66.8. The number of carbonyl (C=O) groups is 5. The van der Waals surface area contributed by atoms with Gasteiger partial charge in [-0.05, 0) is 56.0 Å². The number of rotatable bonds is 4. The first-order valence-electron chi connectivity index (χ1n) is 13.1. The van der Waals surface area contributed by atoms with Crippen LogP contribution in [0.4, 0.5) is 5.69 Å². The van der Waals surface area contributed by atoms with Gasteiger partial charge in [-0.25, -0.2) is 9.69 Å². The fourth-order valence-electron chi connectivity index (χ4n) is 6.80. The van der Waals surface area contributed by atoms with E-state index in [4.69, 9.17) is 4.74 Å². The molecule has 0 aromatic heterocycles. The lowest BCUT2D eigenvalue weighted by Gasteiger charge is -2.42. The molecule has 2 aromatic rings. The summed E-state index contributed by atoms with van der Waals surface area (Å²) in [5.74, 6) is -6.94. The van der Waals surface area contributed by atoms with Gasteiger partial charge in [0, 0.05) is 38.7 Å². The maximum absolute atomic E-state index is 14.0. The molecular weight excluding hydrogens is 610 g/mol. The summed E-state index contributed by atoms with van der Waals surface area (Å²) in [7, 11) is 1.39. The second-order valence-electron chi connectivity index (χ2n) is 10.8. The molecular formula is C31H24BrNO9. The van der Waals surface area contributed by atoms with Gasteiger partial charge in [0.15, 0.2) is 23.1 Å². The minimum Gasteiger partial charge on any atom is -0.507 e. The number of benzene rings is 2. The lowest BCUT2D eigenvalue weighted by Crippen LogP contribution is -2.39. The highest BCUT2D eigenvalue weighted by molar-refractivity contribution is 9.10. The summed E-state index contributed by atoms with van der Waals surface area (Å²) in [6.07, 6.45) is 3.32. The Kier molecular flexibility index (Phi) is 6.45. The van der Waals surface area contributed by atoms with Crippen LogP contribution in [0.1, 0.15) is 41.6 Å². The Balaban J connectivity index is 1.49. The summed E-state index contributed by atoms with van der Waals surface area (Å²) < 4.78 is 5.91. The van der Waals surface area contributed by atoms with Gasteiger partial charge in [0.05, 0.1) is 24.6 Å². The monoisotopic (exact) mass is 633 g/mol. The van der Waals surface area contributed by atoms with Crippen molar-refractivity contribution in [2.24, 2.45) is 17.8 Å². The quantitative estimate of drug-likeness (QED) is 0.255. The smallest absolute Gasteiger partial charge is 0.339 e. The number of carbonyl (C=O) groups excluding carboxylic acids is 4. The number of hydrogen-bond donors (Lipinski definition) is 3. The van der Waals surface area contributed by atoms with Crippen molar-refractivity contribution in [2.45, 2.75) is 25.7 Å². The van der Waals surface area contributed by atoms with Gasteiger partial charge in [0.2, 0.25) is 11.8 Å². The van der Waals surface area contributed by atoms with E-state index in [1.54, 1.807) is 19.1 Å². The molecule has 3 N–H and O–H groups in total. The van der Waals surface area contributed by atoms with Crippen LogP contribution in [0.3, 0.4) is 0 Å². The number of Topliss-reactive ketones (excluding diaryl/α,β-unsaturated/α-hetero) is 1. The van der Waals surface area contributed by atoms with E-state index in [-0.39, 0.29) is 63.9 Å². The number of phenolic OH excluding ortho intramolecular Hbond substituents is 1. The first-order valence-corrected chi connectivity index (χ1v) is 13.9. The van der Waals surface area contributed by atoms with Crippen molar-refractivity contribution >= 4 is 51.0 Å². The highest BCUT2D eigenvalue weighted by Crippen LogP contribution is 2.57. The van der Waals surface area contributed by atoms with Crippen LogP contribution < -0.4 is 9.64 Å². The number of methoxy groups -OCH3 is 1.